The summed E-state index contributed by atoms with van der Waals surface area (Å²) in [4.78, 5) is 39.0. The van der Waals surface area contributed by atoms with E-state index in [0.717, 1.165) is 15.7 Å². The average Bonchev–Trinajstić information content (AvgIpc) is 3.10. The first-order valence-corrected chi connectivity index (χ1v) is 9.46. The van der Waals surface area contributed by atoms with Crippen LogP contribution in [0.4, 0.5) is 5.69 Å². The second-order valence-corrected chi connectivity index (χ2v) is 7.26. The van der Waals surface area contributed by atoms with Crippen LogP contribution in [-0.2, 0) is 18.4 Å². The van der Waals surface area contributed by atoms with Gasteiger partial charge in [-0.2, -0.15) is 5.10 Å². The molecule has 2 aromatic carbocycles. The van der Waals surface area contributed by atoms with Crippen LogP contribution in [0.5, 0.6) is 0 Å². The molecule has 30 heavy (non-hydrogen) atoms. The van der Waals surface area contributed by atoms with Crippen LogP contribution in [0.15, 0.2) is 64.3 Å². The number of carbonyl (C=O) groups excluding carboxylic acids is 1. The first kappa shape index (κ1) is 19.4. The molecular formula is C22H21N5O3. The maximum atomic E-state index is 13.2. The highest BCUT2D eigenvalue weighted by Crippen LogP contribution is 2.12. The minimum atomic E-state index is -0.594. The predicted molar refractivity (Wildman–Crippen MR) is 115 cm³/mol. The molecule has 0 saturated heterocycles. The Balaban J connectivity index is 1.82. The Kier molecular flexibility index (Phi) is 4.83. The number of hydrogen-bond acceptors (Lipinski definition) is 4. The van der Waals surface area contributed by atoms with Crippen LogP contribution >= 0.6 is 0 Å². The Hall–Kier alpha value is -3.94. The number of carbonyl (C=O) groups is 1. The number of amides is 1. The molecule has 0 fully saturated rings. The monoisotopic (exact) mass is 403 g/mol. The summed E-state index contributed by atoms with van der Waals surface area (Å²) in [5, 5.41) is 6.90. The lowest BCUT2D eigenvalue weighted by molar-refractivity contribution is -0.116. The molecule has 0 aliphatic carbocycles. The van der Waals surface area contributed by atoms with Gasteiger partial charge in [-0.3, -0.25) is 18.8 Å². The van der Waals surface area contributed by atoms with E-state index in [9.17, 15) is 14.4 Å². The molecular weight excluding hydrogens is 382 g/mol. The van der Waals surface area contributed by atoms with E-state index in [1.54, 1.807) is 31.3 Å². The lowest BCUT2D eigenvalue weighted by Gasteiger charge is -2.13. The van der Waals surface area contributed by atoms with Gasteiger partial charge in [0.15, 0.2) is 5.52 Å². The van der Waals surface area contributed by atoms with Gasteiger partial charge in [0.05, 0.1) is 17.4 Å². The molecule has 1 N–H and O–H groups in total. The third-order valence-electron chi connectivity index (χ3n) is 4.97. The zero-order valence-electron chi connectivity index (χ0n) is 16.9. The number of nitrogens with zero attached hydrogens (tertiary/aromatic N) is 4. The fourth-order valence-electron chi connectivity index (χ4n) is 3.34. The molecule has 1 amide bonds. The van der Waals surface area contributed by atoms with Crippen LogP contribution in [-0.4, -0.2) is 24.8 Å². The van der Waals surface area contributed by atoms with Gasteiger partial charge in [0.25, 0.3) is 5.56 Å². The van der Waals surface area contributed by atoms with Crippen LogP contribution in [0.25, 0.3) is 16.7 Å². The van der Waals surface area contributed by atoms with Gasteiger partial charge in [-0.25, -0.2) is 9.36 Å². The molecule has 0 aliphatic rings. The van der Waals surface area contributed by atoms with E-state index in [4.69, 9.17) is 0 Å². The second-order valence-electron chi connectivity index (χ2n) is 7.26. The van der Waals surface area contributed by atoms with Gasteiger partial charge in [-0.05, 0) is 38.1 Å². The summed E-state index contributed by atoms with van der Waals surface area (Å²) < 4.78 is 3.76. The van der Waals surface area contributed by atoms with Crippen molar-refractivity contribution in [1.29, 1.82) is 0 Å². The molecule has 0 atom stereocenters. The number of aryl methyl sites for hydroxylation is 3. The van der Waals surface area contributed by atoms with E-state index >= 15 is 0 Å². The van der Waals surface area contributed by atoms with Crippen molar-refractivity contribution in [3.05, 3.63) is 86.7 Å². The van der Waals surface area contributed by atoms with Crippen LogP contribution < -0.4 is 16.6 Å². The normalized spacial score (nSPS) is 11.0. The van der Waals surface area contributed by atoms with Crippen LogP contribution in [0, 0.1) is 13.8 Å². The van der Waals surface area contributed by atoms with E-state index in [-0.39, 0.29) is 18.0 Å². The Morgan fingerprint density at radius 1 is 0.967 bits per heavy atom. The number of benzene rings is 2. The number of anilines is 1. The number of nitrogens with one attached hydrogen (secondary N) is 1. The lowest BCUT2D eigenvalue weighted by atomic mass is 10.2. The largest absolute Gasteiger partial charge is 0.336 e. The third kappa shape index (κ3) is 3.43. The van der Waals surface area contributed by atoms with Crippen molar-refractivity contribution in [2.45, 2.75) is 20.4 Å². The highest BCUT2D eigenvalue weighted by molar-refractivity contribution is 5.91. The number of hydrogen-bond donors (Lipinski definition) is 1. The molecule has 8 nitrogen and oxygen atoms in total. The van der Waals surface area contributed by atoms with E-state index in [1.807, 2.05) is 38.1 Å². The standard InChI is InChI=1S/C22H21N5O3/c1-14-4-8-16(9-5-14)24-19(28)13-26-18-12-23-25(3)20(18)21(29)27(22(26)30)17-10-6-15(2)7-11-17/h4-12H,13H2,1-3H3,(H,24,28). The fourth-order valence-corrected chi connectivity index (χ4v) is 3.34. The van der Waals surface area contributed by atoms with Gasteiger partial charge in [0.2, 0.25) is 5.91 Å². The van der Waals surface area contributed by atoms with Crippen molar-refractivity contribution < 1.29 is 4.79 Å². The number of rotatable bonds is 4. The molecule has 8 heteroatoms. The van der Waals surface area contributed by atoms with Crippen molar-refractivity contribution in [2.24, 2.45) is 7.05 Å². The van der Waals surface area contributed by atoms with Crippen molar-refractivity contribution in [2.75, 3.05) is 5.32 Å². The van der Waals surface area contributed by atoms with Crippen LogP contribution in [0.3, 0.4) is 0 Å². The van der Waals surface area contributed by atoms with Crippen molar-refractivity contribution in [1.82, 2.24) is 18.9 Å². The average molecular weight is 403 g/mol. The highest BCUT2D eigenvalue weighted by atomic mass is 16.2. The maximum Gasteiger partial charge on any atom is 0.336 e. The molecule has 2 heterocycles. The molecule has 0 bridgehead atoms. The molecule has 0 saturated carbocycles. The minimum absolute atomic E-state index is 0.248. The van der Waals surface area contributed by atoms with Gasteiger partial charge in [-0.15, -0.1) is 0 Å². The summed E-state index contributed by atoms with van der Waals surface area (Å²) >= 11 is 0. The molecule has 2 aromatic heterocycles. The second kappa shape index (κ2) is 7.47. The van der Waals surface area contributed by atoms with E-state index in [0.29, 0.717) is 16.9 Å². The van der Waals surface area contributed by atoms with Gasteiger partial charge in [-0.1, -0.05) is 35.4 Å². The molecule has 152 valence electrons. The zero-order valence-corrected chi connectivity index (χ0v) is 16.9. The maximum absolute atomic E-state index is 13.2. The zero-order chi connectivity index (χ0) is 21.4. The number of fused-ring (bicyclic) bond motifs is 1. The molecule has 0 aliphatic heterocycles. The minimum Gasteiger partial charge on any atom is -0.325 e. The summed E-state index contributed by atoms with van der Waals surface area (Å²) in [5.41, 5.74) is 2.64. The summed E-state index contributed by atoms with van der Waals surface area (Å²) in [5.74, 6) is -0.375. The first-order chi connectivity index (χ1) is 14.3. The lowest BCUT2D eigenvalue weighted by Crippen LogP contribution is -2.41. The van der Waals surface area contributed by atoms with Gasteiger partial charge in [0.1, 0.15) is 6.54 Å². The SMILES string of the molecule is Cc1ccc(NC(=O)Cn2c(=O)n(-c3ccc(C)cc3)c(=O)c3c2cnn3C)cc1. The van der Waals surface area contributed by atoms with Gasteiger partial charge in [0, 0.05) is 12.7 Å². The predicted octanol–water partition coefficient (Wildman–Crippen LogP) is 2.14. The molecule has 0 radical (unpaired) electrons. The topological polar surface area (TPSA) is 90.9 Å². The highest BCUT2D eigenvalue weighted by Gasteiger charge is 2.19. The smallest absolute Gasteiger partial charge is 0.325 e. The summed E-state index contributed by atoms with van der Waals surface area (Å²) in [7, 11) is 1.63. The summed E-state index contributed by atoms with van der Waals surface area (Å²) in [6.45, 7) is 3.63. The van der Waals surface area contributed by atoms with E-state index in [1.165, 1.54) is 15.4 Å². The van der Waals surface area contributed by atoms with Gasteiger partial charge < -0.3 is 5.32 Å². The summed E-state index contributed by atoms with van der Waals surface area (Å²) in [6.07, 6.45) is 1.43. The van der Waals surface area contributed by atoms with Crippen LogP contribution in [0.2, 0.25) is 0 Å². The summed E-state index contributed by atoms with van der Waals surface area (Å²) in [6, 6.07) is 14.4. The first-order valence-electron chi connectivity index (χ1n) is 9.46. The Bertz CT molecular complexity index is 1360. The Morgan fingerprint density at radius 3 is 2.20 bits per heavy atom. The Labute approximate surface area is 172 Å². The molecule has 0 spiro atoms. The quantitative estimate of drug-likeness (QED) is 0.565. The third-order valence-corrected chi connectivity index (χ3v) is 4.97. The number of aromatic nitrogens is 4. The van der Waals surface area contributed by atoms with Gasteiger partial charge >= 0.3 is 5.69 Å². The van der Waals surface area contributed by atoms with Crippen molar-refractivity contribution in [3.8, 4) is 5.69 Å². The molecule has 4 rings (SSSR count). The molecule has 0 unspecified atom stereocenters. The fraction of sp³-hybridized carbons (Fsp3) is 0.182. The van der Waals surface area contributed by atoms with E-state index in [2.05, 4.69) is 10.4 Å². The molecule has 4 aromatic rings. The van der Waals surface area contributed by atoms with Crippen molar-refractivity contribution >= 4 is 22.6 Å². The van der Waals surface area contributed by atoms with Crippen molar-refractivity contribution in [3.63, 3.8) is 0 Å². The van der Waals surface area contributed by atoms with E-state index < -0.39 is 11.2 Å². The van der Waals surface area contributed by atoms with Crippen LogP contribution in [0.1, 0.15) is 11.1 Å². The Morgan fingerprint density at radius 2 is 1.57 bits per heavy atom.